The standard InChI is InChI=1S/C20H17F3N4O4/c1-31-14-9-11(5-7-24-14)6-8-25-18(29)15-16(28)19(30)27-17(26-15)12-3-2-4-13(10-12)20(21,22)23/h2-5,7,9-10,28H,6,8H2,1H3,(H,25,29)(H,26,27,30). The van der Waals surface area contributed by atoms with E-state index in [-0.39, 0.29) is 17.9 Å². The number of hydrogen-bond acceptors (Lipinski definition) is 6. The molecule has 3 N–H and O–H groups in total. The van der Waals surface area contributed by atoms with E-state index in [2.05, 4.69) is 20.3 Å². The number of hydrogen-bond donors (Lipinski definition) is 3. The Labute approximate surface area is 173 Å². The molecule has 2 heterocycles. The van der Waals surface area contributed by atoms with Crippen LogP contribution in [0.4, 0.5) is 13.2 Å². The summed E-state index contributed by atoms with van der Waals surface area (Å²) in [4.78, 5) is 34.5. The predicted molar refractivity (Wildman–Crippen MR) is 104 cm³/mol. The number of carbonyl (C=O) groups is 1. The molecule has 3 aromatic rings. The molecule has 0 saturated carbocycles. The number of alkyl halides is 3. The number of aromatic amines is 1. The second kappa shape index (κ2) is 8.86. The highest BCUT2D eigenvalue weighted by Crippen LogP contribution is 2.31. The molecule has 31 heavy (non-hydrogen) atoms. The van der Waals surface area contributed by atoms with E-state index in [0.717, 1.165) is 23.8 Å². The quantitative estimate of drug-likeness (QED) is 0.549. The second-order valence-corrected chi connectivity index (χ2v) is 6.40. The van der Waals surface area contributed by atoms with Crippen LogP contribution in [-0.2, 0) is 12.6 Å². The molecule has 0 atom stereocenters. The van der Waals surface area contributed by atoms with E-state index >= 15 is 0 Å². The van der Waals surface area contributed by atoms with Crippen LogP contribution in [0.15, 0.2) is 47.4 Å². The third kappa shape index (κ3) is 5.18. The van der Waals surface area contributed by atoms with Crippen molar-refractivity contribution in [1.29, 1.82) is 0 Å². The second-order valence-electron chi connectivity index (χ2n) is 6.40. The summed E-state index contributed by atoms with van der Waals surface area (Å²) >= 11 is 0. The molecule has 0 fully saturated rings. The maximum Gasteiger partial charge on any atom is 0.416 e. The first kappa shape index (κ1) is 21.8. The molecule has 0 aliphatic carbocycles. The van der Waals surface area contributed by atoms with Gasteiger partial charge >= 0.3 is 6.18 Å². The molecule has 0 saturated heterocycles. The summed E-state index contributed by atoms with van der Waals surface area (Å²) < 4.78 is 43.9. The molecule has 3 rings (SSSR count). The molecule has 1 amide bonds. The number of ether oxygens (including phenoxy) is 1. The van der Waals surface area contributed by atoms with Crippen molar-refractivity contribution >= 4 is 5.91 Å². The molecule has 0 aliphatic rings. The van der Waals surface area contributed by atoms with Crippen LogP contribution in [0.5, 0.6) is 11.6 Å². The van der Waals surface area contributed by atoms with Crippen LogP contribution < -0.4 is 15.6 Å². The molecule has 0 spiro atoms. The van der Waals surface area contributed by atoms with Crippen molar-refractivity contribution < 1.29 is 27.8 Å². The van der Waals surface area contributed by atoms with Crippen molar-refractivity contribution in [2.24, 2.45) is 0 Å². The fourth-order valence-electron chi connectivity index (χ4n) is 2.73. The lowest BCUT2D eigenvalue weighted by Crippen LogP contribution is -2.28. The molecule has 11 heteroatoms. The lowest BCUT2D eigenvalue weighted by atomic mass is 10.1. The number of methoxy groups -OCH3 is 1. The van der Waals surface area contributed by atoms with Crippen molar-refractivity contribution in [1.82, 2.24) is 20.3 Å². The molecular formula is C20H17F3N4O4. The number of nitrogens with zero attached hydrogens (tertiary/aromatic N) is 2. The molecule has 0 aliphatic heterocycles. The van der Waals surface area contributed by atoms with Crippen molar-refractivity contribution in [3.8, 4) is 23.0 Å². The third-order valence-corrected chi connectivity index (χ3v) is 4.28. The van der Waals surface area contributed by atoms with E-state index in [1.165, 1.54) is 13.2 Å². The van der Waals surface area contributed by atoms with E-state index in [0.29, 0.717) is 12.3 Å². The largest absolute Gasteiger partial charge is 0.501 e. The number of pyridine rings is 1. The average Bonchev–Trinajstić information content (AvgIpc) is 2.75. The van der Waals surface area contributed by atoms with Crippen LogP contribution in [0, 0.1) is 0 Å². The first-order chi connectivity index (χ1) is 14.7. The zero-order valence-electron chi connectivity index (χ0n) is 16.2. The maximum absolute atomic E-state index is 13.0. The van der Waals surface area contributed by atoms with Gasteiger partial charge in [-0.1, -0.05) is 12.1 Å². The van der Waals surface area contributed by atoms with Gasteiger partial charge in [0.05, 0.1) is 12.7 Å². The summed E-state index contributed by atoms with van der Waals surface area (Å²) in [5.74, 6) is -1.65. The highest BCUT2D eigenvalue weighted by Gasteiger charge is 2.30. The Morgan fingerprint density at radius 3 is 2.74 bits per heavy atom. The van der Waals surface area contributed by atoms with Gasteiger partial charge in [-0.15, -0.1) is 0 Å². The molecule has 0 unspecified atom stereocenters. The normalized spacial score (nSPS) is 11.2. The number of amides is 1. The zero-order chi connectivity index (χ0) is 22.6. The summed E-state index contributed by atoms with van der Waals surface area (Å²) in [6, 6.07) is 7.50. The van der Waals surface area contributed by atoms with Crippen LogP contribution in [0.2, 0.25) is 0 Å². The SMILES string of the molecule is COc1cc(CCNC(=O)c2nc(-c3cccc(C(F)(F)F)c3)[nH]c(=O)c2O)ccn1. The lowest BCUT2D eigenvalue weighted by Gasteiger charge is -2.10. The van der Waals surface area contributed by atoms with Crippen molar-refractivity contribution in [2.75, 3.05) is 13.7 Å². The molecule has 1 aromatic carbocycles. The number of carbonyl (C=O) groups excluding carboxylic acids is 1. The number of rotatable bonds is 6. The van der Waals surface area contributed by atoms with Crippen molar-refractivity contribution in [2.45, 2.75) is 12.6 Å². The highest BCUT2D eigenvalue weighted by molar-refractivity contribution is 5.95. The number of aromatic hydroxyl groups is 1. The molecule has 8 nitrogen and oxygen atoms in total. The molecule has 0 bridgehead atoms. The van der Waals surface area contributed by atoms with Gasteiger partial charge in [0, 0.05) is 24.4 Å². The van der Waals surface area contributed by atoms with Crippen LogP contribution in [0.3, 0.4) is 0 Å². The molecule has 0 radical (unpaired) electrons. The minimum absolute atomic E-state index is 0.0649. The number of H-pyrrole nitrogens is 1. The van der Waals surface area contributed by atoms with Gasteiger partial charge in [0.1, 0.15) is 5.82 Å². The Hall–Kier alpha value is -3.89. The summed E-state index contributed by atoms with van der Waals surface area (Å²) in [5.41, 5.74) is -1.83. The van der Waals surface area contributed by atoms with E-state index < -0.39 is 34.6 Å². The molecular weight excluding hydrogens is 417 g/mol. The van der Waals surface area contributed by atoms with Gasteiger partial charge in [-0.25, -0.2) is 9.97 Å². The smallest absolute Gasteiger partial charge is 0.416 e. The van der Waals surface area contributed by atoms with Crippen LogP contribution in [0.25, 0.3) is 11.4 Å². The van der Waals surface area contributed by atoms with Crippen LogP contribution in [0.1, 0.15) is 21.6 Å². The zero-order valence-corrected chi connectivity index (χ0v) is 16.2. The number of halogens is 3. The van der Waals surface area contributed by atoms with Crippen molar-refractivity contribution in [3.05, 3.63) is 69.8 Å². The van der Waals surface area contributed by atoms with E-state index in [1.54, 1.807) is 18.3 Å². The number of benzene rings is 1. The monoisotopic (exact) mass is 434 g/mol. The molecule has 2 aromatic heterocycles. The topological polar surface area (TPSA) is 117 Å². The van der Waals surface area contributed by atoms with Crippen LogP contribution >= 0.6 is 0 Å². The Kier molecular flexibility index (Phi) is 6.23. The lowest BCUT2D eigenvalue weighted by molar-refractivity contribution is -0.137. The summed E-state index contributed by atoms with van der Waals surface area (Å²) in [7, 11) is 1.47. The Balaban J connectivity index is 1.81. The Bertz CT molecular complexity index is 1160. The fraction of sp³-hybridized carbons (Fsp3) is 0.200. The van der Waals surface area contributed by atoms with Gasteiger partial charge in [-0.2, -0.15) is 13.2 Å². The van der Waals surface area contributed by atoms with Crippen molar-refractivity contribution in [3.63, 3.8) is 0 Å². The van der Waals surface area contributed by atoms with Gasteiger partial charge in [0.2, 0.25) is 11.6 Å². The Morgan fingerprint density at radius 1 is 1.26 bits per heavy atom. The average molecular weight is 434 g/mol. The van der Waals surface area contributed by atoms with E-state index in [4.69, 9.17) is 4.74 Å². The fourth-order valence-corrected chi connectivity index (χ4v) is 2.73. The summed E-state index contributed by atoms with van der Waals surface area (Å²) in [6.07, 6.45) is -2.65. The van der Waals surface area contributed by atoms with Gasteiger partial charge in [0.25, 0.3) is 11.5 Å². The third-order valence-electron chi connectivity index (χ3n) is 4.28. The van der Waals surface area contributed by atoms with Gasteiger partial charge < -0.3 is 20.1 Å². The Morgan fingerprint density at radius 2 is 2.03 bits per heavy atom. The molecule has 162 valence electrons. The van der Waals surface area contributed by atoms with Crippen LogP contribution in [-0.4, -0.2) is 39.6 Å². The minimum Gasteiger partial charge on any atom is -0.501 e. The van der Waals surface area contributed by atoms with Gasteiger partial charge in [0.15, 0.2) is 5.69 Å². The van der Waals surface area contributed by atoms with E-state index in [1.807, 2.05) is 0 Å². The highest BCUT2D eigenvalue weighted by atomic mass is 19.4. The predicted octanol–water partition coefficient (Wildman–Crippen LogP) is 2.54. The summed E-state index contributed by atoms with van der Waals surface area (Å²) in [5, 5.41) is 12.4. The first-order valence-corrected chi connectivity index (χ1v) is 8.97. The van der Waals surface area contributed by atoms with E-state index in [9.17, 15) is 27.9 Å². The maximum atomic E-state index is 13.0. The van der Waals surface area contributed by atoms with Gasteiger partial charge in [-0.3, -0.25) is 9.59 Å². The first-order valence-electron chi connectivity index (χ1n) is 8.97. The summed E-state index contributed by atoms with van der Waals surface area (Å²) in [6.45, 7) is 0.138. The number of nitrogens with one attached hydrogen (secondary N) is 2. The number of aromatic nitrogens is 3. The minimum atomic E-state index is -4.59. The van der Waals surface area contributed by atoms with Gasteiger partial charge in [-0.05, 0) is 30.2 Å².